The third-order valence-electron chi connectivity index (χ3n) is 4.81. The van der Waals surface area contributed by atoms with Crippen molar-refractivity contribution in [2.75, 3.05) is 18.2 Å². The van der Waals surface area contributed by atoms with E-state index >= 15 is 0 Å². The summed E-state index contributed by atoms with van der Waals surface area (Å²) < 4.78 is 4.98. The molecule has 0 aliphatic carbocycles. The Kier molecular flexibility index (Phi) is 6.26. The van der Waals surface area contributed by atoms with Crippen molar-refractivity contribution in [2.24, 2.45) is 0 Å². The minimum absolute atomic E-state index is 0.299. The number of hydrogen-bond acceptors (Lipinski definition) is 6. The van der Waals surface area contributed by atoms with Crippen molar-refractivity contribution < 1.29 is 19.1 Å². The molecule has 1 saturated heterocycles. The van der Waals surface area contributed by atoms with E-state index in [0.717, 1.165) is 10.4 Å². The first-order valence-electron chi connectivity index (χ1n) is 8.85. The maximum absolute atomic E-state index is 12.9. The monoisotopic (exact) mass is 452 g/mol. The number of methoxy groups -OCH3 is 1. The van der Waals surface area contributed by atoms with Crippen LogP contribution >= 0.6 is 34.7 Å². The first kappa shape index (κ1) is 21.7. The van der Waals surface area contributed by atoms with Crippen molar-refractivity contribution in [1.29, 1.82) is 0 Å². The summed E-state index contributed by atoms with van der Waals surface area (Å²) >= 11 is 8.82. The number of carbonyl (C=O) groups excluding carboxylic acids is 3. The molecule has 6 nitrogen and oxygen atoms in total. The number of benzene rings is 1. The van der Waals surface area contributed by atoms with Gasteiger partial charge in [0, 0.05) is 21.2 Å². The van der Waals surface area contributed by atoms with Crippen LogP contribution in [0.4, 0.5) is 5.00 Å². The molecule has 0 spiro atoms. The Hall–Kier alpha value is -2.03. The smallest absolute Gasteiger partial charge is 0.341 e. The average molecular weight is 453 g/mol. The minimum atomic E-state index is -0.612. The van der Waals surface area contributed by atoms with Crippen LogP contribution in [0.5, 0.6) is 0 Å². The number of nitrogens with one attached hydrogen (secondary N) is 1. The average Bonchev–Trinajstić information content (AvgIpc) is 3.17. The predicted octanol–water partition coefficient (Wildman–Crippen LogP) is 4.41. The van der Waals surface area contributed by atoms with Gasteiger partial charge in [-0.2, -0.15) is 0 Å². The van der Waals surface area contributed by atoms with E-state index in [9.17, 15) is 14.4 Å². The molecule has 1 aliphatic heterocycles. The van der Waals surface area contributed by atoms with Crippen LogP contribution in [0.2, 0.25) is 5.02 Å². The molecule has 0 radical (unpaired) electrons. The first-order valence-corrected chi connectivity index (χ1v) is 11.0. The van der Waals surface area contributed by atoms with Crippen molar-refractivity contribution >= 4 is 58.0 Å². The lowest BCUT2D eigenvalue weighted by atomic mass is 10.0. The number of rotatable bonds is 5. The molecular formula is C20H21ClN2O4S2. The summed E-state index contributed by atoms with van der Waals surface area (Å²) in [5, 5.41) is 3.85. The highest BCUT2D eigenvalue weighted by molar-refractivity contribution is 8.00. The zero-order valence-corrected chi connectivity index (χ0v) is 18.8. The summed E-state index contributed by atoms with van der Waals surface area (Å²) in [6, 6.07) is 6.51. The van der Waals surface area contributed by atoms with Crippen LogP contribution in [-0.4, -0.2) is 47.0 Å². The summed E-state index contributed by atoms with van der Waals surface area (Å²) in [6.45, 7) is 5.67. The number of esters is 1. The number of thioether (sulfide) groups is 1. The second-order valence-electron chi connectivity index (χ2n) is 7.01. The number of anilines is 1. The Morgan fingerprint density at radius 1 is 1.31 bits per heavy atom. The summed E-state index contributed by atoms with van der Waals surface area (Å²) in [7, 11) is 1.30. The fourth-order valence-corrected chi connectivity index (χ4v) is 5.69. The van der Waals surface area contributed by atoms with Crippen LogP contribution in [0, 0.1) is 6.92 Å². The van der Waals surface area contributed by atoms with Gasteiger partial charge in [0.15, 0.2) is 0 Å². The number of ether oxygens (including phenoxy) is 1. The van der Waals surface area contributed by atoms with E-state index in [-0.39, 0.29) is 5.91 Å². The van der Waals surface area contributed by atoms with Gasteiger partial charge in [-0.3, -0.25) is 9.59 Å². The van der Waals surface area contributed by atoms with E-state index < -0.39 is 16.9 Å². The van der Waals surface area contributed by atoms with Crippen LogP contribution in [0.3, 0.4) is 0 Å². The van der Waals surface area contributed by atoms with Crippen molar-refractivity contribution in [1.82, 2.24) is 4.90 Å². The zero-order valence-electron chi connectivity index (χ0n) is 16.4. The summed E-state index contributed by atoms with van der Waals surface area (Å²) in [4.78, 5) is 39.0. The molecule has 0 bridgehead atoms. The van der Waals surface area contributed by atoms with Gasteiger partial charge in [0.2, 0.25) is 12.3 Å². The molecule has 1 unspecified atom stereocenters. The zero-order chi connectivity index (χ0) is 21.3. The molecule has 0 saturated carbocycles. The lowest BCUT2D eigenvalue weighted by Gasteiger charge is -2.30. The Balaban J connectivity index is 1.99. The van der Waals surface area contributed by atoms with Crippen LogP contribution in [-0.2, 0) is 14.3 Å². The highest BCUT2D eigenvalue weighted by Gasteiger charge is 2.43. The second kappa shape index (κ2) is 8.38. The Bertz CT molecular complexity index is 956. The topological polar surface area (TPSA) is 75.7 Å². The molecule has 3 rings (SSSR count). The third kappa shape index (κ3) is 4.15. The van der Waals surface area contributed by atoms with E-state index in [1.807, 2.05) is 32.9 Å². The molecule has 1 aromatic heterocycles. The molecule has 1 N–H and O–H groups in total. The second-order valence-corrected chi connectivity index (χ2v) is 10.3. The fraction of sp³-hybridized carbons (Fsp3) is 0.350. The van der Waals surface area contributed by atoms with Gasteiger partial charge in [-0.15, -0.1) is 23.1 Å². The van der Waals surface area contributed by atoms with Gasteiger partial charge in [-0.1, -0.05) is 23.7 Å². The Morgan fingerprint density at radius 3 is 2.55 bits per heavy atom. The first-order chi connectivity index (χ1) is 13.7. The molecule has 29 heavy (non-hydrogen) atoms. The van der Waals surface area contributed by atoms with Gasteiger partial charge in [0.25, 0.3) is 0 Å². The number of amides is 2. The maximum Gasteiger partial charge on any atom is 0.341 e. The van der Waals surface area contributed by atoms with E-state index in [1.165, 1.54) is 35.1 Å². The number of halogens is 1. The standard InChI is InChI=1S/C20H21ClN2O4S2/c1-11-15(12-5-7-13(21)8-6-12)16(19(26)27-4)18(29-11)22-17(25)14-9-28-20(2,3)23(14)10-24/h5-8,10,14H,9H2,1-4H3,(H,22,25). The normalized spacial score (nSPS) is 17.8. The molecule has 1 fully saturated rings. The van der Waals surface area contributed by atoms with E-state index in [4.69, 9.17) is 16.3 Å². The molecule has 1 aromatic carbocycles. The SMILES string of the molecule is COC(=O)c1c(NC(=O)C2CSC(C)(C)N2C=O)sc(C)c1-c1ccc(Cl)cc1. The number of aryl methyl sites for hydroxylation is 1. The Labute approximate surface area is 182 Å². The molecule has 2 heterocycles. The lowest BCUT2D eigenvalue weighted by molar-refractivity contribution is -0.130. The maximum atomic E-state index is 12.9. The summed E-state index contributed by atoms with van der Waals surface area (Å²) in [5.74, 6) is -0.383. The highest BCUT2D eigenvalue weighted by Crippen LogP contribution is 2.42. The number of hydrogen-bond donors (Lipinski definition) is 1. The molecule has 1 aliphatic rings. The van der Waals surface area contributed by atoms with Crippen molar-refractivity contribution in [3.8, 4) is 11.1 Å². The van der Waals surface area contributed by atoms with Crippen LogP contribution in [0.1, 0.15) is 29.1 Å². The number of thiophene rings is 1. The number of carbonyl (C=O) groups is 3. The van der Waals surface area contributed by atoms with Crippen molar-refractivity contribution in [2.45, 2.75) is 31.7 Å². The minimum Gasteiger partial charge on any atom is -0.465 e. The molecule has 1 atom stereocenters. The summed E-state index contributed by atoms with van der Waals surface area (Å²) in [6.07, 6.45) is 0.699. The molecule has 2 aromatic rings. The van der Waals surface area contributed by atoms with E-state index in [1.54, 1.807) is 12.1 Å². The van der Waals surface area contributed by atoms with Gasteiger partial charge in [0.1, 0.15) is 16.6 Å². The lowest BCUT2D eigenvalue weighted by Crippen LogP contribution is -2.47. The predicted molar refractivity (Wildman–Crippen MR) is 118 cm³/mol. The van der Waals surface area contributed by atoms with Crippen LogP contribution in [0.25, 0.3) is 11.1 Å². The van der Waals surface area contributed by atoms with Crippen LogP contribution in [0.15, 0.2) is 24.3 Å². The molecule has 9 heteroatoms. The molecule has 2 amide bonds. The van der Waals surface area contributed by atoms with E-state index in [2.05, 4.69) is 5.32 Å². The van der Waals surface area contributed by atoms with Gasteiger partial charge in [-0.25, -0.2) is 4.79 Å². The number of nitrogens with zero attached hydrogens (tertiary/aromatic N) is 1. The molecule has 154 valence electrons. The summed E-state index contributed by atoms with van der Waals surface area (Å²) in [5.41, 5.74) is 1.80. The fourth-order valence-electron chi connectivity index (χ4n) is 3.30. The third-order valence-corrected chi connectivity index (χ3v) is 7.48. The quantitative estimate of drug-likeness (QED) is 0.537. The van der Waals surface area contributed by atoms with Crippen LogP contribution < -0.4 is 5.32 Å². The largest absolute Gasteiger partial charge is 0.465 e. The molecular weight excluding hydrogens is 432 g/mol. The van der Waals surface area contributed by atoms with Crippen molar-refractivity contribution in [3.63, 3.8) is 0 Å². The van der Waals surface area contributed by atoms with Gasteiger partial charge in [-0.05, 0) is 38.5 Å². The van der Waals surface area contributed by atoms with Gasteiger partial charge in [0.05, 0.1) is 12.0 Å². The Morgan fingerprint density at radius 2 is 1.97 bits per heavy atom. The highest BCUT2D eigenvalue weighted by atomic mass is 35.5. The van der Waals surface area contributed by atoms with Crippen molar-refractivity contribution in [3.05, 3.63) is 39.7 Å². The van der Waals surface area contributed by atoms with Gasteiger partial charge < -0.3 is 15.0 Å². The van der Waals surface area contributed by atoms with Gasteiger partial charge >= 0.3 is 5.97 Å². The van der Waals surface area contributed by atoms with E-state index in [0.29, 0.717) is 33.3 Å².